The third kappa shape index (κ3) is 3.74. The Kier molecular flexibility index (Phi) is 4.95. The zero-order chi connectivity index (χ0) is 12.8. The Morgan fingerprint density at radius 2 is 2.29 bits per heavy atom. The smallest absolute Gasteiger partial charge is 0.259 e. The van der Waals surface area contributed by atoms with Gasteiger partial charge in [0.05, 0.1) is 18.2 Å². The second-order valence-corrected chi connectivity index (χ2v) is 3.84. The summed E-state index contributed by atoms with van der Waals surface area (Å²) >= 11 is 11.7. The van der Waals surface area contributed by atoms with E-state index in [4.69, 9.17) is 33.2 Å². The summed E-state index contributed by atoms with van der Waals surface area (Å²) in [5.41, 5.74) is 0.483. The van der Waals surface area contributed by atoms with Gasteiger partial charge in [0.15, 0.2) is 0 Å². The number of amides is 1. The minimum absolute atomic E-state index is 0.271. The fraction of sp³-hybridized carbons (Fsp3) is 0.182. The van der Waals surface area contributed by atoms with Gasteiger partial charge in [-0.25, -0.2) is 4.99 Å². The molecule has 4 nitrogen and oxygen atoms in total. The van der Waals surface area contributed by atoms with Crippen LogP contribution in [0.2, 0.25) is 10.0 Å². The van der Waals surface area contributed by atoms with Crippen LogP contribution in [0.3, 0.4) is 0 Å². The van der Waals surface area contributed by atoms with Gasteiger partial charge >= 0.3 is 0 Å². The second-order valence-electron chi connectivity index (χ2n) is 3.00. The van der Waals surface area contributed by atoms with Crippen molar-refractivity contribution in [2.75, 3.05) is 7.11 Å². The molecule has 1 aromatic rings. The summed E-state index contributed by atoms with van der Waals surface area (Å²) in [4.78, 5) is 14.6. The number of carbonyl (C=O) groups is 1. The molecule has 0 aliphatic carbocycles. The van der Waals surface area contributed by atoms with Crippen LogP contribution in [-0.4, -0.2) is 19.2 Å². The number of benzene rings is 1. The van der Waals surface area contributed by atoms with Crippen molar-refractivity contribution in [1.29, 1.82) is 5.26 Å². The number of aliphatic imine (C=N–C) groups is 1. The summed E-state index contributed by atoms with van der Waals surface area (Å²) in [6.07, 6.45) is 1.00. The van der Waals surface area contributed by atoms with Gasteiger partial charge in [0.25, 0.3) is 5.91 Å². The van der Waals surface area contributed by atoms with Gasteiger partial charge in [0.2, 0.25) is 0 Å². The standard InChI is InChI=1S/C11H8Cl2N2O2/c1-17-11-7(4-8(12)5-9(11)13)6-15-10(16)2-3-14/h4-6H,2H2,1H3. The summed E-state index contributed by atoms with van der Waals surface area (Å²) in [5, 5.41) is 9.05. The largest absolute Gasteiger partial charge is 0.495 e. The number of hydrogen-bond donors (Lipinski definition) is 0. The van der Waals surface area contributed by atoms with E-state index in [0.29, 0.717) is 21.4 Å². The van der Waals surface area contributed by atoms with Crippen molar-refractivity contribution in [1.82, 2.24) is 0 Å². The molecule has 0 fully saturated rings. The van der Waals surface area contributed by atoms with Crippen molar-refractivity contribution < 1.29 is 9.53 Å². The van der Waals surface area contributed by atoms with Crippen molar-refractivity contribution in [2.45, 2.75) is 6.42 Å². The minimum Gasteiger partial charge on any atom is -0.495 e. The molecule has 0 N–H and O–H groups in total. The molecule has 1 aromatic carbocycles. The maximum absolute atomic E-state index is 11.1. The molecule has 0 saturated carbocycles. The van der Waals surface area contributed by atoms with Crippen LogP contribution < -0.4 is 4.74 Å². The molecule has 0 saturated heterocycles. The van der Waals surface area contributed by atoms with E-state index < -0.39 is 5.91 Å². The Labute approximate surface area is 108 Å². The Hall–Kier alpha value is -1.57. The van der Waals surface area contributed by atoms with Crippen LogP contribution in [0.4, 0.5) is 0 Å². The van der Waals surface area contributed by atoms with E-state index in [0.717, 1.165) is 0 Å². The molecule has 88 valence electrons. The Balaban J connectivity index is 3.06. The number of nitrogens with zero attached hydrogens (tertiary/aromatic N) is 2. The molecule has 0 aliphatic rings. The molecule has 0 aliphatic heterocycles. The van der Waals surface area contributed by atoms with Gasteiger partial charge in [-0.3, -0.25) is 4.79 Å². The van der Waals surface area contributed by atoms with Crippen LogP contribution in [0.1, 0.15) is 12.0 Å². The summed E-state index contributed by atoms with van der Waals surface area (Å²) in [6.45, 7) is 0. The van der Waals surface area contributed by atoms with E-state index in [1.807, 2.05) is 0 Å². The van der Waals surface area contributed by atoms with Crippen molar-refractivity contribution >= 4 is 35.3 Å². The molecule has 0 unspecified atom stereocenters. The van der Waals surface area contributed by atoms with Gasteiger partial charge in [-0.1, -0.05) is 23.2 Å². The van der Waals surface area contributed by atoms with E-state index in [9.17, 15) is 4.79 Å². The first-order valence-electron chi connectivity index (χ1n) is 4.55. The zero-order valence-corrected chi connectivity index (χ0v) is 10.4. The minimum atomic E-state index is -0.536. The van der Waals surface area contributed by atoms with Crippen molar-refractivity contribution in [3.63, 3.8) is 0 Å². The Morgan fingerprint density at radius 1 is 1.59 bits per heavy atom. The van der Waals surface area contributed by atoms with Gasteiger partial charge in [-0.15, -0.1) is 0 Å². The number of nitriles is 1. The number of rotatable bonds is 3. The van der Waals surface area contributed by atoms with Crippen molar-refractivity contribution in [3.8, 4) is 11.8 Å². The molecule has 0 radical (unpaired) electrons. The zero-order valence-electron chi connectivity index (χ0n) is 8.91. The molecule has 17 heavy (non-hydrogen) atoms. The fourth-order valence-electron chi connectivity index (χ4n) is 1.15. The quantitative estimate of drug-likeness (QED) is 0.794. The third-order valence-corrected chi connectivity index (χ3v) is 2.32. The molecular formula is C11H8Cl2N2O2. The van der Waals surface area contributed by atoms with Crippen LogP contribution in [0, 0.1) is 11.3 Å². The Bertz CT molecular complexity index is 507. The lowest BCUT2D eigenvalue weighted by Crippen LogP contribution is -1.96. The highest BCUT2D eigenvalue weighted by Crippen LogP contribution is 2.31. The number of ether oxygens (including phenoxy) is 1. The fourth-order valence-corrected chi connectivity index (χ4v) is 1.73. The number of carbonyl (C=O) groups excluding carboxylic acids is 1. The predicted molar refractivity (Wildman–Crippen MR) is 65.8 cm³/mol. The molecule has 0 spiro atoms. The average molecular weight is 271 g/mol. The normalized spacial score (nSPS) is 10.2. The van der Waals surface area contributed by atoms with E-state index in [2.05, 4.69) is 4.99 Å². The van der Waals surface area contributed by atoms with Gasteiger partial charge in [0.1, 0.15) is 12.2 Å². The molecule has 0 heterocycles. The molecule has 0 bridgehead atoms. The van der Waals surface area contributed by atoms with Crippen molar-refractivity contribution in [3.05, 3.63) is 27.7 Å². The SMILES string of the molecule is COc1c(Cl)cc(Cl)cc1C=NC(=O)CC#N. The monoisotopic (exact) mass is 270 g/mol. The summed E-state index contributed by atoms with van der Waals surface area (Å²) in [6, 6.07) is 4.80. The van der Waals surface area contributed by atoms with Crippen LogP contribution in [0.15, 0.2) is 17.1 Å². The van der Waals surface area contributed by atoms with Crippen LogP contribution in [0.25, 0.3) is 0 Å². The van der Waals surface area contributed by atoms with Crippen LogP contribution >= 0.6 is 23.2 Å². The number of hydrogen-bond acceptors (Lipinski definition) is 3. The average Bonchev–Trinajstić information content (AvgIpc) is 2.26. The van der Waals surface area contributed by atoms with Gasteiger partial charge in [-0.05, 0) is 12.1 Å². The maximum atomic E-state index is 11.1. The maximum Gasteiger partial charge on any atom is 0.259 e. The van der Waals surface area contributed by atoms with Gasteiger partial charge in [-0.2, -0.15) is 5.26 Å². The van der Waals surface area contributed by atoms with Gasteiger partial charge in [0, 0.05) is 16.8 Å². The van der Waals surface area contributed by atoms with E-state index in [-0.39, 0.29) is 6.42 Å². The summed E-state index contributed by atoms with van der Waals surface area (Å²) in [7, 11) is 1.45. The molecule has 1 rings (SSSR count). The lowest BCUT2D eigenvalue weighted by atomic mass is 10.2. The lowest BCUT2D eigenvalue weighted by molar-refractivity contribution is -0.116. The predicted octanol–water partition coefficient (Wildman–Crippen LogP) is 2.86. The first-order chi connectivity index (χ1) is 8.08. The van der Waals surface area contributed by atoms with E-state index in [1.165, 1.54) is 19.4 Å². The topological polar surface area (TPSA) is 62.4 Å². The summed E-state index contributed by atoms with van der Waals surface area (Å²) < 4.78 is 5.07. The van der Waals surface area contributed by atoms with E-state index in [1.54, 1.807) is 12.1 Å². The highest BCUT2D eigenvalue weighted by Gasteiger charge is 2.08. The summed E-state index contributed by atoms with van der Waals surface area (Å²) in [5.74, 6) is -0.157. The number of halogens is 2. The van der Waals surface area contributed by atoms with Crippen molar-refractivity contribution in [2.24, 2.45) is 4.99 Å². The molecular weight excluding hydrogens is 263 g/mol. The highest BCUT2D eigenvalue weighted by atomic mass is 35.5. The first-order valence-corrected chi connectivity index (χ1v) is 5.31. The lowest BCUT2D eigenvalue weighted by Gasteiger charge is -2.06. The second kappa shape index (κ2) is 6.24. The number of methoxy groups -OCH3 is 1. The Morgan fingerprint density at radius 3 is 2.88 bits per heavy atom. The van der Waals surface area contributed by atoms with Crippen LogP contribution in [-0.2, 0) is 4.79 Å². The molecule has 0 aromatic heterocycles. The molecule has 6 heteroatoms. The molecule has 0 atom stereocenters. The van der Waals surface area contributed by atoms with E-state index >= 15 is 0 Å². The van der Waals surface area contributed by atoms with Crippen LogP contribution in [0.5, 0.6) is 5.75 Å². The first kappa shape index (κ1) is 13.5. The van der Waals surface area contributed by atoms with Gasteiger partial charge < -0.3 is 4.74 Å². The third-order valence-electron chi connectivity index (χ3n) is 1.82. The molecule has 1 amide bonds. The highest BCUT2D eigenvalue weighted by molar-refractivity contribution is 6.36.